The number of carbonyl (C=O) groups excluding carboxylic acids is 2. The predicted molar refractivity (Wildman–Crippen MR) is 104 cm³/mol. The van der Waals surface area contributed by atoms with Crippen LogP contribution in [0.1, 0.15) is 29.5 Å². The fourth-order valence-corrected chi connectivity index (χ4v) is 3.53. The SMILES string of the molecule is CCC1=NN2C(=N)C(=Cc3ccc(-c4cccc(C(=O)[O-])c4)o3)C(=O)N=C2S1. The van der Waals surface area contributed by atoms with Crippen LogP contribution in [0.15, 0.2) is 56.5 Å². The number of nitrogens with zero attached hydrogens (tertiary/aromatic N) is 3. The summed E-state index contributed by atoms with van der Waals surface area (Å²) in [5.74, 6) is -1.11. The Hall–Kier alpha value is -3.46. The summed E-state index contributed by atoms with van der Waals surface area (Å²) in [4.78, 5) is 27.4. The molecule has 0 saturated carbocycles. The van der Waals surface area contributed by atoms with E-state index in [0.717, 1.165) is 5.04 Å². The third kappa shape index (κ3) is 3.16. The van der Waals surface area contributed by atoms with Gasteiger partial charge in [-0.05, 0) is 48.0 Å². The summed E-state index contributed by atoms with van der Waals surface area (Å²) < 4.78 is 5.71. The number of amides is 1. The summed E-state index contributed by atoms with van der Waals surface area (Å²) in [5, 5.41) is 26.1. The van der Waals surface area contributed by atoms with Gasteiger partial charge in [-0.2, -0.15) is 15.1 Å². The van der Waals surface area contributed by atoms with Gasteiger partial charge < -0.3 is 14.3 Å². The number of benzene rings is 1. The minimum atomic E-state index is -1.28. The first kappa shape index (κ1) is 17.9. The summed E-state index contributed by atoms with van der Waals surface area (Å²) in [7, 11) is 0. The highest BCUT2D eigenvalue weighted by Crippen LogP contribution is 2.30. The third-order valence-corrected chi connectivity index (χ3v) is 5.15. The number of amidine groups is 2. The molecule has 2 aliphatic rings. The van der Waals surface area contributed by atoms with Gasteiger partial charge in [0, 0.05) is 5.56 Å². The van der Waals surface area contributed by atoms with E-state index in [0.29, 0.717) is 28.7 Å². The van der Waals surface area contributed by atoms with Crippen molar-refractivity contribution in [3.8, 4) is 11.3 Å². The summed E-state index contributed by atoms with van der Waals surface area (Å²) >= 11 is 1.28. The van der Waals surface area contributed by atoms with E-state index in [2.05, 4.69) is 10.1 Å². The summed E-state index contributed by atoms with van der Waals surface area (Å²) in [6.07, 6.45) is 2.12. The Kier molecular flexibility index (Phi) is 4.44. The molecule has 4 rings (SSSR count). The van der Waals surface area contributed by atoms with E-state index >= 15 is 0 Å². The van der Waals surface area contributed by atoms with E-state index in [-0.39, 0.29) is 17.0 Å². The number of aromatic carboxylic acids is 1. The van der Waals surface area contributed by atoms with Gasteiger partial charge in [-0.1, -0.05) is 25.1 Å². The molecular weight excluding hydrogens is 380 g/mol. The van der Waals surface area contributed by atoms with Crippen LogP contribution in [0.5, 0.6) is 0 Å². The van der Waals surface area contributed by atoms with Gasteiger partial charge in [-0.25, -0.2) is 0 Å². The molecule has 1 aromatic heterocycles. The van der Waals surface area contributed by atoms with Gasteiger partial charge in [0.25, 0.3) is 5.91 Å². The van der Waals surface area contributed by atoms with Crippen molar-refractivity contribution in [1.29, 1.82) is 5.41 Å². The second kappa shape index (κ2) is 6.93. The number of rotatable bonds is 4. The van der Waals surface area contributed by atoms with Crippen molar-refractivity contribution >= 4 is 45.8 Å². The molecule has 28 heavy (non-hydrogen) atoms. The summed E-state index contributed by atoms with van der Waals surface area (Å²) in [6, 6.07) is 9.46. The molecule has 0 bridgehead atoms. The molecule has 0 atom stereocenters. The van der Waals surface area contributed by atoms with E-state index in [1.165, 1.54) is 35.0 Å². The monoisotopic (exact) mass is 393 g/mol. The van der Waals surface area contributed by atoms with Crippen LogP contribution >= 0.6 is 11.8 Å². The lowest BCUT2D eigenvalue weighted by Crippen LogP contribution is -2.35. The second-order valence-electron chi connectivity index (χ2n) is 5.94. The number of nitrogens with one attached hydrogen (secondary N) is 1. The lowest BCUT2D eigenvalue weighted by molar-refractivity contribution is -0.255. The van der Waals surface area contributed by atoms with Crippen molar-refractivity contribution in [1.82, 2.24) is 5.01 Å². The normalized spacial score (nSPS) is 17.6. The Bertz CT molecular complexity index is 1110. The molecule has 0 radical (unpaired) electrons. The number of hydrogen-bond donors (Lipinski definition) is 1. The Morgan fingerprint density at radius 3 is 2.93 bits per heavy atom. The number of carbonyl (C=O) groups is 2. The van der Waals surface area contributed by atoms with Crippen LogP contribution in [-0.4, -0.2) is 32.9 Å². The van der Waals surface area contributed by atoms with E-state index in [1.807, 2.05) is 6.92 Å². The van der Waals surface area contributed by atoms with Crippen LogP contribution in [-0.2, 0) is 4.79 Å². The number of carboxylic acids is 1. The van der Waals surface area contributed by atoms with E-state index in [9.17, 15) is 14.7 Å². The molecule has 3 heterocycles. The van der Waals surface area contributed by atoms with Gasteiger partial charge in [0.15, 0.2) is 5.84 Å². The van der Waals surface area contributed by atoms with Gasteiger partial charge in [-0.15, -0.1) is 0 Å². The maximum Gasteiger partial charge on any atom is 0.283 e. The van der Waals surface area contributed by atoms with E-state index < -0.39 is 11.9 Å². The molecule has 2 aromatic rings. The Labute approximate surface area is 163 Å². The highest BCUT2D eigenvalue weighted by Gasteiger charge is 2.35. The molecule has 0 aliphatic carbocycles. The Balaban J connectivity index is 1.65. The van der Waals surface area contributed by atoms with Gasteiger partial charge in [0.1, 0.15) is 16.6 Å². The second-order valence-corrected chi connectivity index (χ2v) is 6.98. The molecule has 0 fully saturated rings. The molecule has 9 heteroatoms. The lowest BCUT2D eigenvalue weighted by atomic mass is 10.1. The fourth-order valence-electron chi connectivity index (χ4n) is 2.70. The molecule has 1 amide bonds. The number of fused-ring (bicyclic) bond motifs is 1. The minimum Gasteiger partial charge on any atom is -0.545 e. The molecule has 0 spiro atoms. The number of aliphatic imine (C=N–C) groups is 1. The van der Waals surface area contributed by atoms with Crippen LogP contribution in [0.2, 0.25) is 0 Å². The van der Waals surface area contributed by atoms with Gasteiger partial charge >= 0.3 is 0 Å². The molecule has 1 N–H and O–H groups in total. The number of furan rings is 1. The van der Waals surface area contributed by atoms with Crippen molar-refractivity contribution in [2.24, 2.45) is 10.1 Å². The first-order valence-electron chi connectivity index (χ1n) is 8.37. The maximum atomic E-state index is 12.3. The fraction of sp³-hybridized carbons (Fsp3) is 0.105. The van der Waals surface area contributed by atoms with Crippen LogP contribution in [0, 0.1) is 5.41 Å². The first-order valence-corrected chi connectivity index (χ1v) is 9.18. The first-order chi connectivity index (χ1) is 13.5. The van der Waals surface area contributed by atoms with E-state index in [1.54, 1.807) is 24.3 Å². The topological polar surface area (TPSA) is 122 Å². The van der Waals surface area contributed by atoms with Crippen molar-refractivity contribution in [3.05, 3.63) is 53.3 Å². The van der Waals surface area contributed by atoms with Crippen molar-refractivity contribution in [3.63, 3.8) is 0 Å². The molecular formula is C19H13N4O4S-. The number of hydrogen-bond acceptors (Lipinski definition) is 7. The quantitative estimate of drug-likeness (QED) is 0.796. The summed E-state index contributed by atoms with van der Waals surface area (Å²) in [5.41, 5.74) is 0.663. The zero-order chi connectivity index (χ0) is 19.8. The van der Waals surface area contributed by atoms with Crippen molar-refractivity contribution in [2.75, 3.05) is 0 Å². The largest absolute Gasteiger partial charge is 0.545 e. The van der Waals surface area contributed by atoms with Gasteiger partial charge in [-0.3, -0.25) is 10.2 Å². The Morgan fingerprint density at radius 2 is 2.18 bits per heavy atom. The third-order valence-electron chi connectivity index (χ3n) is 4.09. The summed E-state index contributed by atoms with van der Waals surface area (Å²) in [6.45, 7) is 1.94. The maximum absolute atomic E-state index is 12.3. The average Bonchev–Trinajstić information content (AvgIpc) is 3.32. The van der Waals surface area contributed by atoms with Crippen LogP contribution in [0.4, 0.5) is 0 Å². The lowest BCUT2D eigenvalue weighted by Gasteiger charge is -2.19. The van der Waals surface area contributed by atoms with E-state index in [4.69, 9.17) is 9.83 Å². The van der Waals surface area contributed by atoms with Gasteiger partial charge in [0.2, 0.25) is 5.17 Å². The molecule has 140 valence electrons. The van der Waals surface area contributed by atoms with Crippen LogP contribution in [0.3, 0.4) is 0 Å². The Morgan fingerprint density at radius 1 is 1.36 bits per heavy atom. The van der Waals surface area contributed by atoms with Crippen LogP contribution < -0.4 is 5.11 Å². The van der Waals surface area contributed by atoms with Crippen LogP contribution in [0.25, 0.3) is 17.4 Å². The highest BCUT2D eigenvalue weighted by atomic mass is 32.2. The molecule has 0 unspecified atom stereocenters. The zero-order valence-electron chi connectivity index (χ0n) is 14.6. The molecule has 8 nitrogen and oxygen atoms in total. The highest BCUT2D eigenvalue weighted by molar-refractivity contribution is 8.26. The predicted octanol–water partition coefficient (Wildman–Crippen LogP) is 2.34. The zero-order valence-corrected chi connectivity index (χ0v) is 15.4. The molecule has 1 aromatic carbocycles. The number of carboxylic acid groups (broad SMARTS) is 1. The number of hydrazone groups is 1. The smallest absolute Gasteiger partial charge is 0.283 e. The number of thioether (sulfide) groups is 1. The van der Waals surface area contributed by atoms with Crippen molar-refractivity contribution in [2.45, 2.75) is 13.3 Å². The standard InChI is InChI=1S/C19H14N4O4S/c1-2-15-22-23-16(20)13(17(24)21-19(23)28-15)9-12-6-7-14(27-12)10-4-3-5-11(8-10)18(25)26/h3-9,20H,2H2,1H3,(H,25,26)/p-1. The molecule has 0 saturated heterocycles. The van der Waals surface area contributed by atoms with Crippen molar-refractivity contribution < 1.29 is 19.1 Å². The molecule has 2 aliphatic heterocycles. The van der Waals surface area contributed by atoms with Gasteiger partial charge in [0.05, 0.1) is 11.5 Å². The minimum absolute atomic E-state index is 0.0380. The average molecular weight is 393 g/mol.